The van der Waals surface area contributed by atoms with Crippen molar-refractivity contribution in [2.24, 2.45) is 0 Å². The summed E-state index contributed by atoms with van der Waals surface area (Å²) in [5.41, 5.74) is -0.172. The van der Waals surface area contributed by atoms with Gasteiger partial charge in [0.2, 0.25) is 11.9 Å². The number of piperidine rings is 1. The van der Waals surface area contributed by atoms with Crippen LogP contribution in [0.5, 0.6) is 0 Å². The van der Waals surface area contributed by atoms with Crippen LogP contribution in [0, 0.1) is 0 Å². The smallest absolute Gasteiger partial charge is 0.233 e. The van der Waals surface area contributed by atoms with Gasteiger partial charge in [0, 0.05) is 24.7 Å². The number of rotatable bonds is 7. The van der Waals surface area contributed by atoms with Crippen LogP contribution < -0.4 is 10.2 Å². The molecule has 1 aliphatic heterocycles. The molecule has 7 heteroatoms. The SMILES string of the molecule is CCC(C)(C)NC(=O)C(C)Sc1nnc(N2CCCCC2)n1C1CC1. The van der Waals surface area contributed by atoms with Crippen LogP contribution >= 0.6 is 11.8 Å². The topological polar surface area (TPSA) is 63.1 Å². The van der Waals surface area contributed by atoms with E-state index in [4.69, 9.17) is 0 Å². The molecule has 0 bridgehead atoms. The highest BCUT2D eigenvalue weighted by Crippen LogP contribution is 2.42. The van der Waals surface area contributed by atoms with Crippen molar-refractivity contribution >= 4 is 23.6 Å². The van der Waals surface area contributed by atoms with Crippen molar-refractivity contribution in [1.82, 2.24) is 20.1 Å². The second kappa shape index (κ2) is 7.56. The zero-order chi connectivity index (χ0) is 18.0. The van der Waals surface area contributed by atoms with E-state index in [0.29, 0.717) is 6.04 Å². The Balaban J connectivity index is 1.72. The Bertz CT molecular complexity index is 605. The van der Waals surface area contributed by atoms with Crippen LogP contribution in [0.1, 0.15) is 72.3 Å². The Labute approximate surface area is 155 Å². The van der Waals surface area contributed by atoms with Gasteiger partial charge in [0.1, 0.15) is 0 Å². The highest BCUT2D eigenvalue weighted by Gasteiger charge is 2.33. The van der Waals surface area contributed by atoms with Crippen molar-refractivity contribution in [3.63, 3.8) is 0 Å². The van der Waals surface area contributed by atoms with Gasteiger partial charge in [-0.25, -0.2) is 0 Å². The summed E-state index contributed by atoms with van der Waals surface area (Å²) in [4.78, 5) is 14.9. The fraction of sp³-hybridized carbons (Fsp3) is 0.833. The van der Waals surface area contributed by atoms with Crippen molar-refractivity contribution in [3.05, 3.63) is 0 Å². The standard InChI is InChI=1S/C18H31N5OS/c1-5-18(3,4)19-15(24)13(2)25-17-21-20-16(23(17)14-9-10-14)22-11-7-6-8-12-22/h13-14H,5-12H2,1-4H3,(H,19,24). The van der Waals surface area contributed by atoms with Crippen LogP contribution in [0.2, 0.25) is 0 Å². The zero-order valence-corrected chi connectivity index (χ0v) is 16.7. The average molecular weight is 366 g/mol. The van der Waals surface area contributed by atoms with E-state index in [1.165, 1.54) is 43.9 Å². The maximum Gasteiger partial charge on any atom is 0.233 e. The molecular weight excluding hydrogens is 334 g/mol. The van der Waals surface area contributed by atoms with Gasteiger partial charge < -0.3 is 10.2 Å². The van der Waals surface area contributed by atoms with Crippen LogP contribution in [-0.2, 0) is 4.79 Å². The van der Waals surface area contributed by atoms with E-state index in [9.17, 15) is 4.79 Å². The molecule has 0 spiro atoms. The molecule has 2 heterocycles. The lowest BCUT2D eigenvalue weighted by Gasteiger charge is -2.28. The average Bonchev–Trinajstić information content (AvgIpc) is 3.35. The number of amides is 1. The van der Waals surface area contributed by atoms with E-state index in [-0.39, 0.29) is 16.7 Å². The first kappa shape index (κ1) is 18.5. The summed E-state index contributed by atoms with van der Waals surface area (Å²) in [6.45, 7) is 10.3. The molecule has 1 saturated heterocycles. The van der Waals surface area contributed by atoms with Gasteiger partial charge in [-0.2, -0.15) is 0 Å². The summed E-state index contributed by atoms with van der Waals surface area (Å²) >= 11 is 1.53. The predicted octanol–water partition coefficient (Wildman–Crippen LogP) is 3.39. The molecule has 6 nitrogen and oxygen atoms in total. The van der Waals surface area contributed by atoms with Crippen molar-refractivity contribution in [1.29, 1.82) is 0 Å². The largest absolute Gasteiger partial charge is 0.350 e. The molecule has 1 N–H and O–H groups in total. The number of carbonyl (C=O) groups is 1. The minimum Gasteiger partial charge on any atom is -0.350 e. The molecule has 1 saturated carbocycles. The number of nitrogens with one attached hydrogen (secondary N) is 1. The van der Waals surface area contributed by atoms with Gasteiger partial charge in [-0.15, -0.1) is 10.2 Å². The van der Waals surface area contributed by atoms with Gasteiger partial charge in [-0.05, 0) is 59.3 Å². The lowest BCUT2D eigenvalue weighted by molar-refractivity contribution is -0.121. The Morgan fingerprint density at radius 2 is 1.96 bits per heavy atom. The maximum atomic E-state index is 12.5. The van der Waals surface area contributed by atoms with Gasteiger partial charge in [0.15, 0.2) is 5.16 Å². The molecule has 1 amide bonds. The molecule has 2 fully saturated rings. The molecule has 1 aliphatic carbocycles. The number of hydrogen-bond donors (Lipinski definition) is 1. The highest BCUT2D eigenvalue weighted by molar-refractivity contribution is 8.00. The van der Waals surface area contributed by atoms with E-state index in [1.807, 2.05) is 6.92 Å². The Hall–Kier alpha value is -1.24. The normalized spacial score (nSPS) is 19.8. The van der Waals surface area contributed by atoms with E-state index in [1.54, 1.807) is 0 Å². The van der Waals surface area contributed by atoms with Crippen molar-refractivity contribution in [3.8, 4) is 0 Å². The monoisotopic (exact) mass is 365 g/mol. The summed E-state index contributed by atoms with van der Waals surface area (Å²) < 4.78 is 2.28. The van der Waals surface area contributed by atoms with E-state index in [2.05, 4.69) is 45.8 Å². The van der Waals surface area contributed by atoms with E-state index < -0.39 is 0 Å². The van der Waals surface area contributed by atoms with Crippen LogP contribution in [0.15, 0.2) is 5.16 Å². The maximum absolute atomic E-state index is 12.5. The quantitative estimate of drug-likeness (QED) is 0.751. The molecule has 1 aromatic heterocycles. The molecular formula is C18H31N5OS. The minimum atomic E-state index is -0.179. The van der Waals surface area contributed by atoms with Gasteiger partial charge in [0.25, 0.3) is 0 Å². The number of hydrogen-bond acceptors (Lipinski definition) is 5. The number of carbonyl (C=O) groups excluding carboxylic acids is 1. The lowest BCUT2D eigenvalue weighted by Crippen LogP contribution is -2.46. The van der Waals surface area contributed by atoms with Gasteiger partial charge in [0.05, 0.1) is 5.25 Å². The Morgan fingerprint density at radius 1 is 1.28 bits per heavy atom. The zero-order valence-electron chi connectivity index (χ0n) is 15.9. The molecule has 1 unspecified atom stereocenters. The number of anilines is 1. The summed E-state index contributed by atoms with van der Waals surface area (Å²) in [7, 11) is 0. The third kappa shape index (κ3) is 4.49. The number of aromatic nitrogens is 3. The highest BCUT2D eigenvalue weighted by atomic mass is 32.2. The lowest BCUT2D eigenvalue weighted by atomic mass is 10.0. The minimum absolute atomic E-state index is 0.0710. The molecule has 1 atom stereocenters. The Morgan fingerprint density at radius 3 is 2.56 bits per heavy atom. The number of nitrogens with zero attached hydrogens (tertiary/aromatic N) is 4. The first-order valence-electron chi connectivity index (χ1n) is 9.60. The fourth-order valence-corrected chi connectivity index (χ4v) is 3.96. The summed E-state index contributed by atoms with van der Waals surface area (Å²) in [6.07, 6.45) is 7.05. The van der Waals surface area contributed by atoms with E-state index in [0.717, 1.165) is 30.6 Å². The molecule has 0 radical (unpaired) electrons. The van der Waals surface area contributed by atoms with Crippen LogP contribution in [0.25, 0.3) is 0 Å². The summed E-state index contributed by atoms with van der Waals surface area (Å²) in [6, 6.07) is 0.511. The van der Waals surface area contributed by atoms with Crippen LogP contribution in [-0.4, -0.2) is 44.6 Å². The summed E-state index contributed by atoms with van der Waals surface area (Å²) in [5, 5.41) is 12.8. The van der Waals surface area contributed by atoms with Gasteiger partial charge in [-0.1, -0.05) is 18.7 Å². The molecule has 3 rings (SSSR count). The van der Waals surface area contributed by atoms with Gasteiger partial charge in [-0.3, -0.25) is 9.36 Å². The van der Waals surface area contributed by atoms with Crippen molar-refractivity contribution < 1.29 is 4.79 Å². The Kier molecular flexibility index (Phi) is 5.61. The first-order chi connectivity index (χ1) is 11.9. The molecule has 140 valence electrons. The number of thioether (sulfide) groups is 1. The molecule has 0 aromatic carbocycles. The second-order valence-corrected chi connectivity index (χ2v) is 9.23. The predicted molar refractivity (Wildman–Crippen MR) is 102 cm³/mol. The van der Waals surface area contributed by atoms with Gasteiger partial charge >= 0.3 is 0 Å². The van der Waals surface area contributed by atoms with Crippen LogP contribution in [0.4, 0.5) is 5.95 Å². The van der Waals surface area contributed by atoms with Crippen LogP contribution in [0.3, 0.4) is 0 Å². The second-order valence-electron chi connectivity index (χ2n) is 7.92. The third-order valence-corrected chi connectivity index (χ3v) is 6.25. The van der Waals surface area contributed by atoms with Crippen molar-refractivity contribution in [2.75, 3.05) is 18.0 Å². The fourth-order valence-electron chi connectivity index (χ4n) is 3.05. The molecule has 2 aliphatic rings. The first-order valence-corrected chi connectivity index (χ1v) is 10.5. The molecule has 25 heavy (non-hydrogen) atoms. The third-order valence-electron chi connectivity index (χ3n) is 5.19. The van der Waals surface area contributed by atoms with E-state index >= 15 is 0 Å². The molecule has 1 aromatic rings. The summed E-state index contributed by atoms with van der Waals surface area (Å²) in [5.74, 6) is 1.08. The van der Waals surface area contributed by atoms with Crippen molar-refractivity contribution in [2.45, 2.75) is 88.2 Å².